The molecular weight excluding hydrogens is 280 g/mol. The van der Waals surface area contributed by atoms with E-state index in [2.05, 4.69) is 10.2 Å². The molecule has 1 aliphatic rings. The van der Waals surface area contributed by atoms with E-state index in [1.54, 1.807) is 0 Å². The van der Waals surface area contributed by atoms with Crippen molar-refractivity contribution < 1.29 is 18.7 Å². The molecule has 2 N–H and O–H groups in total. The van der Waals surface area contributed by atoms with E-state index in [1.165, 1.54) is 17.3 Å². The second-order valence-electron chi connectivity index (χ2n) is 5.02. The number of aromatic nitrogens is 2. The Bertz CT molecular complexity index is 660. The number of β-amino-alcohol motifs (C(OH)–C–C–N with tert-alkyl or cyclic N) is 1. The van der Waals surface area contributed by atoms with Crippen molar-refractivity contribution in [1.29, 1.82) is 0 Å². The third-order valence-electron chi connectivity index (χ3n) is 3.60. The second kappa shape index (κ2) is 5.25. The summed E-state index contributed by atoms with van der Waals surface area (Å²) in [4.78, 5) is 13.7. The first-order valence-corrected chi connectivity index (χ1v) is 6.49. The molecular formula is C14H13F2N3O2. The number of halogens is 2. The van der Waals surface area contributed by atoms with Gasteiger partial charge in [-0.2, -0.15) is 5.10 Å². The first-order chi connectivity index (χ1) is 10.1. The molecule has 0 bridgehead atoms. The number of hydrogen-bond acceptors (Lipinski definition) is 3. The van der Waals surface area contributed by atoms with Gasteiger partial charge in [0.1, 0.15) is 11.6 Å². The van der Waals surface area contributed by atoms with E-state index in [0.29, 0.717) is 5.56 Å². The Morgan fingerprint density at radius 1 is 1.43 bits per heavy atom. The smallest absolute Gasteiger partial charge is 0.257 e. The van der Waals surface area contributed by atoms with Crippen LogP contribution in [0.3, 0.4) is 0 Å². The summed E-state index contributed by atoms with van der Waals surface area (Å²) in [7, 11) is 0. The van der Waals surface area contributed by atoms with Crippen LogP contribution in [0.15, 0.2) is 30.6 Å². The van der Waals surface area contributed by atoms with Crippen LogP contribution >= 0.6 is 0 Å². The number of hydrogen-bond donors (Lipinski definition) is 2. The molecule has 1 amide bonds. The molecule has 5 nitrogen and oxygen atoms in total. The Kier molecular flexibility index (Phi) is 3.42. The SMILES string of the molecule is O=C(c1cn[nH]c1)N1C[C@@H](O)C[C@@H]1c1cc(F)ccc1F. The first kappa shape index (κ1) is 13.7. The van der Waals surface area contributed by atoms with Gasteiger partial charge in [0.05, 0.1) is 23.9 Å². The molecule has 1 saturated heterocycles. The van der Waals surface area contributed by atoms with Crippen LogP contribution in [0.2, 0.25) is 0 Å². The number of aliphatic hydroxyl groups is 1. The molecule has 1 aliphatic heterocycles. The van der Waals surface area contributed by atoms with Crippen LogP contribution < -0.4 is 0 Å². The largest absolute Gasteiger partial charge is 0.391 e. The van der Waals surface area contributed by atoms with E-state index in [-0.39, 0.29) is 24.4 Å². The molecule has 110 valence electrons. The zero-order valence-electron chi connectivity index (χ0n) is 11.0. The summed E-state index contributed by atoms with van der Waals surface area (Å²) in [6.45, 7) is 0.0740. The summed E-state index contributed by atoms with van der Waals surface area (Å²) < 4.78 is 27.3. The van der Waals surface area contributed by atoms with Gasteiger partial charge in [0.2, 0.25) is 0 Å². The highest BCUT2D eigenvalue weighted by Gasteiger charge is 2.37. The van der Waals surface area contributed by atoms with Crippen molar-refractivity contribution in [3.63, 3.8) is 0 Å². The Labute approximate surface area is 119 Å². The molecule has 2 heterocycles. The Morgan fingerprint density at radius 2 is 2.24 bits per heavy atom. The number of amides is 1. The predicted octanol–water partition coefficient (Wildman–Crippen LogP) is 1.64. The van der Waals surface area contributed by atoms with Gasteiger partial charge in [-0.1, -0.05) is 0 Å². The summed E-state index contributed by atoms with van der Waals surface area (Å²) >= 11 is 0. The summed E-state index contributed by atoms with van der Waals surface area (Å²) in [5, 5.41) is 16.0. The van der Waals surface area contributed by atoms with E-state index in [9.17, 15) is 18.7 Å². The number of nitrogens with zero attached hydrogens (tertiary/aromatic N) is 2. The van der Waals surface area contributed by atoms with Crippen molar-refractivity contribution in [3.05, 3.63) is 53.4 Å². The minimum absolute atomic E-state index is 0.0726. The van der Waals surface area contributed by atoms with E-state index in [0.717, 1.165) is 18.2 Å². The molecule has 1 fully saturated rings. The lowest BCUT2D eigenvalue weighted by Gasteiger charge is -2.24. The van der Waals surface area contributed by atoms with Crippen LogP contribution in [-0.4, -0.2) is 38.8 Å². The van der Waals surface area contributed by atoms with Gasteiger partial charge in [-0.15, -0.1) is 0 Å². The lowest BCUT2D eigenvalue weighted by atomic mass is 10.0. The summed E-state index contributed by atoms with van der Waals surface area (Å²) in [5.74, 6) is -1.56. The maximum Gasteiger partial charge on any atom is 0.257 e. The second-order valence-corrected chi connectivity index (χ2v) is 5.02. The summed E-state index contributed by atoms with van der Waals surface area (Å²) in [5.41, 5.74) is 0.384. The van der Waals surface area contributed by atoms with Crippen LogP contribution in [-0.2, 0) is 0 Å². The third kappa shape index (κ3) is 2.52. The Morgan fingerprint density at radius 3 is 2.95 bits per heavy atom. The molecule has 1 aromatic carbocycles. The first-order valence-electron chi connectivity index (χ1n) is 6.49. The van der Waals surface area contributed by atoms with Crippen LogP contribution in [0.1, 0.15) is 28.4 Å². The number of carbonyl (C=O) groups is 1. The number of likely N-dealkylation sites (tertiary alicyclic amines) is 1. The van der Waals surface area contributed by atoms with Gasteiger partial charge in [0.15, 0.2) is 0 Å². The highest BCUT2D eigenvalue weighted by molar-refractivity contribution is 5.94. The van der Waals surface area contributed by atoms with Gasteiger partial charge in [-0.3, -0.25) is 9.89 Å². The molecule has 0 radical (unpaired) electrons. The van der Waals surface area contributed by atoms with Crippen molar-refractivity contribution in [2.24, 2.45) is 0 Å². The highest BCUT2D eigenvalue weighted by Crippen LogP contribution is 2.34. The molecule has 2 atom stereocenters. The monoisotopic (exact) mass is 293 g/mol. The van der Waals surface area contributed by atoms with Gasteiger partial charge < -0.3 is 10.0 Å². The number of carbonyl (C=O) groups excluding carboxylic acids is 1. The summed E-state index contributed by atoms with van der Waals surface area (Å²) in [6, 6.07) is 2.41. The molecule has 2 aromatic rings. The maximum absolute atomic E-state index is 13.9. The standard InChI is InChI=1S/C14H13F2N3O2/c15-9-1-2-12(16)11(3-9)13-4-10(20)7-19(13)14(21)8-5-17-18-6-8/h1-3,5-6,10,13,20H,4,7H2,(H,17,18)/t10-,13+/m0/s1. The van der Waals surface area contributed by atoms with Crippen LogP contribution in [0.5, 0.6) is 0 Å². The van der Waals surface area contributed by atoms with Crippen LogP contribution in [0.4, 0.5) is 8.78 Å². The number of nitrogens with one attached hydrogen (secondary N) is 1. The minimum Gasteiger partial charge on any atom is -0.391 e. The fourth-order valence-electron chi connectivity index (χ4n) is 2.64. The van der Waals surface area contributed by atoms with Crippen molar-refractivity contribution in [3.8, 4) is 0 Å². The van der Waals surface area contributed by atoms with Crippen molar-refractivity contribution in [2.45, 2.75) is 18.6 Å². The lowest BCUT2D eigenvalue weighted by Crippen LogP contribution is -2.32. The number of aliphatic hydroxyl groups excluding tert-OH is 1. The van der Waals surface area contributed by atoms with Crippen molar-refractivity contribution in [1.82, 2.24) is 15.1 Å². The van der Waals surface area contributed by atoms with Crippen molar-refractivity contribution in [2.75, 3.05) is 6.54 Å². The predicted molar refractivity (Wildman–Crippen MR) is 69.3 cm³/mol. The molecule has 0 spiro atoms. The summed E-state index contributed by atoms with van der Waals surface area (Å²) in [6.07, 6.45) is 2.18. The zero-order chi connectivity index (χ0) is 15.0. The Balaban J connectivity index is 1.96. The molecule has 3 rings (SSSR count). The normalized spacial score (nSPS) is 21.8. The Hall–Kier alpha value is -2.28. The molecule has 0 aliphatic carbocycles. The van der Waals surface area contributed by atoms with E-state index in [1.807, 2.05) is 0 Å². The number of benzene rings is 1. The lowest BCUT2D eigenvalue weighted by molar-refractivity contribution is 0.0714. The van der Waals surface area contributed by atoms with Gasteiger partial charge in [-0.05, 0) is 24.6 Å². The molecule has 1 aromatic heterocycles. The van der Waals surface area contributed by atoms with Gasteiger partial charge in [0, 0.05) is 18.3 Å². The van der Waals surface area contributed by atoms with Crippen LogP contribution in [0, 0.1) is 11.6 Å². The molecule has 0 unspecified atom stereocenters. The van der Waals surface area contributed by atoms with Gasteiger partial charge in [-0.25, -0.2) is 8.78 Å². The molecule has 7 heteroatoms. The molecule has 0 saturated carbocycles. The van der Waals surface area contributed by atoms with E-state index in [4.69, 9.17) is 0 Å². The average Bonchev–Trinajstić information content (AvgIpc) is 3.10. The number of aromatic amines is 1. The maximum atomic E-state index is 13.9. The number of H-pyrrole nitrogens is 1. The topological polar surface area (TPSA) is 69.2 Å². The number of rotatable bonds is 2. The zero-order valence-corrected chi connectivity index (χ0v) is 11.0. The van der Waals surface area contributed by atoms with Gasteiger partial charge in [0.25, 0.3) is 5.91 Å². The average molecular weight is 293 g/mol. The fraction of sp³-hybridized carbons (Fsp3) is 0.286. The van der Waals surface area contributed by atoms with E-state index >= 15 is 0 Å². The van der Waals surface area contributed by atoms with Crippen molar-refractivity contribution >= 4 is 5.91 Å². The van der Waals surface area contributed by atoms with E-state index < -0.39 is 23.8 Å². The van der Waals surface area contributed by atoms with Gasteiger partial charge >= 0.3 is 0 Å². The fourth-order valence-corrected chi connectivity index (χ4v) is 2.64. The third-order valence-corrected chi connectivity index (χ3v) is 3.60. The minimum atomic E-state index is -0.770. The van der Waals surface area contributed by atoms with Crippen LogP contribution in [0.25, 0.3) is 0 Å². The quantitative estimate of drug-likeness (QED) is 0.884. The highest BCUT2D eigenvalue weighted by atomic mass is 19.1. The molecule has 21 heavy (non-hydrogen) atoms.